The van der Waals surface area contributed by atoms with Crippen LogP contribution >= 0.6 is 0 Å². The Balaban J connectivity index is 2.40. The summed E-state index contributed by atoms with van der Waals surface area (Å²) in [5, 5.41) is 13.3. The lowest BCUT2D eigenvalue weighted by atomic mass is 10.1. The average molecular weight is 410 g/mol. The zero-order chi connectivity index (χ0) is 21.8. The average Bonchev–Trinajstić information content (AvgIpc) is 2.77. The second-order valence-corrected chi connectivity index (χ2v) is 5.59. The topological polar surface area (TPSA) is 123 Å². The van der Waals surface area contributed by atoms with Crippen molar-refractivity contribution in [3.05, 3.63) is 72.0 Å². The molecule has 0 amide bonds. The van der Waals surface area contributed by atoms with Crippen molar-refractivity contribution in [3.8, 4) is 0 Å². The lowest BCUT2D eigenvalue weighted by molar-refractivity contribution is -0.139. The van der Waals surface area contributed by atoms with Crippen LogP contribution in [0.3, 0.4) is 0 Å². The number of hydrogen-bond acceptors (Lipinski definition) is 9. The van der Waals surface area contributed by atoms with Crippen LogP contribution in [-0.4, -0.2) is 46.4 Å². The number of anilines is 1. The van der Waals surface area contributed by atoms with Gasteiger partial charge in [-0.25, -0.2) is 19.6 Å². The van der Waals surface area contributed by atoms with Crippen LogP contribution < -0.4 is 5.32 Å². The van der Waals surface area contributed by atoms with Crippen molar-refractivity contribution in [2.45, 2.75) is 13.8 Å². The van der Waals surface area contributed by atoms with E-state index in [4.69, 9.17) is 9.47 Å². The van der Waals surface area contributed by atoms with Gasteiger partial charge >= 0.3 is 11.9 Å². The van der Waals surface area contributed by atoms with Gasteiger partial charge in [-0.05, 0) is 13.8 Å². The van der Waals surface area contributed by atoms with Crippen LogP contribution in [-0.2, 0) is 19.1 Å². The second kappa shape index (κ2) is 11.7. The van der Waals surface area contributed by atoms with E-state index in [1.54, 1.807) is 44.2 Å². The van der Waals surface area contributed by atoms with Crippen molar-refractivity contribution < 1.29 is 24.2 Å². The van der Waals surface area contributed by atoms with E-state index in [9.17, 15) is 14.7 Å². The van der Waals surface area contributed by atoms with Crippen molar-refractivity contribution in [2.24, 2.45) is 4.99 Å². The lowest BCUT2D eigenvalue weighted by Crippen LogP contribution is -2.13. The Kier molecular flexibility index (Phi) is 8.72. The number of aliphatic hydroxyl groups is 1. The largest absolute Gasteiger partial charge is 0.506 e. The Morgan fingerprint density at radius 2 is 1.80 bits per heavy atom. The SMILES string of the molecule is CCOC(=O)C(=C/Nc1cnccn1)/N=C/C(C(=O)OCC)=C(\O)c1ccccc1. The Bertz CT molecular complexity index is 940. The van der Waals surface area contributed by atoms with Crippen molar-refractivity contribution in [2.75, 3.05) is 18.5 Å². The van der Waals surface area contributed by atoms with Crippen molar-refractivity contribution >= 4 is 29.7 Å². The Hall–Kier alpha value is -4.01. The molecule has 156 valence electrons. The predicted octanol–water partition coefficient (Wildman–Crippen LogP) is 2.90. The number of carbonyl (C=O) groups is 2. The molecule has 0 saturated heterocycles. The van der Waals surface area contributed by atoms with Gasteiger partial charge in [0.25, 0.3) is 0 Å². The molecule has 0 bridgehead atoms. The minimum absolute atomic E-state index is 0.104. The summed E-state index contributed by atoms with van der Waals surface area (Å²) in [6.07, 6.45) is 6.75. The molecule has 0 unspecified atom stereocenters. The molecule has 0 spiro atoms. The highest BCUT2D eigenvalue weighted by molar-refractivity contribution is 6.15. The number of aliphatic hydroxyl groups excluding tert-OH is 1. The summed E-state index contributed by atoms with van der Waals surface area (Å²) < 4.78 is 9.98. The minimum Gasteiger partial charge on any atom is -0.506 e. The van der Waals surface area contributed by atoms with Crippen molar-refractivity contribution in [3.63, 3.8) is 0 Å². The fourth-order valence-electron chi connectivity index (χ4n) is 2.17. The van der Waals surface area contributed by atoms with Crippen LogP contribution in [0, 0.1) is 0 Å². The predicted molar refractivity (Wildman–Crippen MR) is 111 cm³/mol. The van der Waals surface area contributed by atoms with E-state index < -0.39 is 11.9 Å². The fraction of sp³-hybridized carbons (Fsp3) is 0.190. The quantitative estimate of drug-likeness (QED) is 0.280. The first-order valence-corrected chi connectivity index (χ1v) is 9.16. The smallest absolute Gasteiger partial charge is 0.358 e. The minimum atomic E-state index is -0.785. The second-order valence-electron chi connectivity index (χ2n) is 5.59. The molecule has 1 heterocycles. The van der Waals surface area contributed by atoms with Crippen molar-refractivity contribution in [1.29, 1.82) is 0 Å². The number of carbonyl (C=O) groups excluding carboxylic acids is 2. The molecule has 30 heavy (non-hydrogen) atoms. The molecule has 0 aliphatic heterocycles. The van der Waals surface area contributed by atoms with Gasteiger partial charge in [0.05, 0.1) is 19.4 Å². The van der Waals surface area contributed by atoms with E-state index in [1.807, 2.05) is 0 Å². The molecule has 9 nitrogen and oxygen atoms in total. The molecule has 0 atom stereocenters. The van der Waals surface area contributed by atoms with E-state index in [1.165, 1.54) is 24.8 Å². The summed E-state index contributed by atoms with van der Waals surface area (Å²) in [6.45, 7) is 3.53. The van der Waals surface area contributed by atoms with E-state index >= 15 is 0 Å². The molecule has 2 N–H and O–H groups in total. The summed E-state index contributed by atoms with van der Waals surface area (Å²) in [4.78, 5) is 36.6. The van der Waals surface area contributed by atoms with Crippen LogP contribution in [0.1, 0.15) is 19.4 Å². The molecule has 0 radical (unpaired) electrons. The molecular weight excluding hydrogens is 388 g/mol. The summed E-state index contributed by atoms with van der Waals surface area (Å²) in [5.41, 5.74) is 0.0364. The summed E-state index contributed by atoms with van der Waals surface area (Å²) in [5.74, 6) is -1.47. The van der Waals surface area contributed by atoms with Crippen LogP contribution in [0.4, 0.5) is 5.82 Å². The number of benzene rings is 1. The van der Waals surface area contributed by atoms with Crippen LogP contribution in [0.2, 0.25) is 0 Å². The maximum Gasteiger partial charge on any atom is 0.358 e. The van der Waals surface area contributed by atoms with E-state index in [-0.39, 0.29) is 30.2 Å². The Morgan fingerprint density at radius 1 is 1.10 bits per heavy atom. The molecule has 1 aromatic carbocycles. The highest BCUT2D eigenvalue weighted by Crippen LogP contribution is 2.16. The molecule has 0 saturated carbocycles. The molecular formula is C21H22N4O5. The third-order valence-electron chi connectivity index (χ3n) is 3.53. The number of aliphatic imine (C=N–C) groups is 1. The van der Waals surface area contributed by atoms with Gasteiger partial charge in [0.2, 0.25) is 0 Å². The zero-order valence-corrected chi connectivity index (χ0v) is 16.6. The first-order valence-electron chi connectivity index (χ1n) is 9.16. The van der Waals surface area contributed by atoms with Gasteiger partial charge in [0.15, 0.2) is 5.70 Å². The summed E-state index contributed by atoms with van der Waals surface area (Å²) in [7, 11) is 0. The normalized spacial score (nSPS) is 12.3. The number of nitrogens with zero attached hydrogens (tertiary/aromatic N) is 3. The van der Waals surface area contributed by atoms with Gasteiger partial charge in [0.1, 0.15) is 17.2 Å². The third kappa shape index (κ3) is 6.55. The molecule has 2 rings (SSSR count). The van der Waals surface area contributed by atoms with Gasteiger partial charge in [-0.1, -0.05) is 30.3 Å². The van der Waals surface area contributed by atoms with Crippen LogP contribution in [0.15, 0.2) is 71.4 Å². The number of rotatable bonds is 9. The zero-order valence-electron chi connectivity index (χ0n) is 16.6. The van der Waals surface area contributed by atoms with E-state index in [0.29, 0.717) is 11.4 Å². The molecule has 9 heteroatoms. The number of aromatic nitrogens is 2. The summed E-state index contributed by atoms with van der Waals surface area (Å²) >= 11 is 0. The van der Waals surface area contributed by atoms with Gasteiger partial charge in [-0.2, -0.15) is 0 Å². The highest BCUT2D eigenvalue weighted by Gasteiger charge is 2.17. The third-order valence-corrected chi connectivity index (χ3v) is 3.53. The monoisotopic (exact) mass is 410 g/mol. The molecule has 1 aromatic heterocycles. The number of ether oxygens (including phenoxy) is 2. The molecule has 0 fully saturated rings. The maximum atomic E-state index is 12.3. The van der Waals surface area contributed by atoms with E-state index in [0.717, 1.165) is 6.21 Å². The Labute approximate surface area is 173 Å². The molecule has 2 aromatic rings. The number of esters is 2. The molecule has 0 aliphatic rings. The summed E-state index contributed by atoms with van der Waals surface area (Å²) in [6, 6.07) is 8.44. The van der Waals surface area contributed by atoms with Crippen molar-refractivity contribution in [1.82, 2.24) is 9.97 Å². The lowest BCUT2D eigenvalue weighted by Gasteiger charge is -2.08. The standard InChI is InChI=1S/C21H22N4O5/c1-3-29-20(27)16(19(26)15-8-6-5-7-9-15)12-24-17(21(28)30-4-2)13-25-18-14-22-10-11-23-18/h5-14,26H,3-4H2,1-2H3,(H,23,25)/b17-13-,19-16+,24-12+. The molecule has 0 aliphatic carbocycles. The van der Waals surface area contributed by atoms with Gasteiger partial charge < -0.3 is 19.9 Å². The maximum absolute atomic E-state index is 12.3. The van der Waals surface area contributed by atoms with E-state index in [2.05, 4.69) is 20.3 Å². The van der Waals surface area contributed by atoms with Crippen LogP contribution in [0.5, 0.6) is 0 Å². The number of nitrogens with one attached hydrogen (secondary N) is 1. The number of hydrogen-bond donors (Lipinski definition) is 2. The van der Waals surface area contributed by atoms with Gasteiger partial charge in [-0.3, -0.25) is 4.98 Å². The van der Waals surface area contributed by atoms with Crippen LogP contribution in [0.25, 0.3) is 5.76 Å². The highest BCUT2D eigenvalue weighted by atomic mass is 16.5. The Morgan fingerprint density at radius 3 is 2.43 bits per heavy atom. The first kappa shape index (κ1) is 22.3. The fourth-order valence-corrected chi connectivity index (χ4v) is 2.17. The first-order chi connectivity index (χ1) is 14.6. The van der Waals surface area contributed by atoms with Gasteiger partial charge in [0, 0.05) is 30.4 Å². The van der Waals surface area contributed by atoms with Gasteiger partial charge in [-0.15, -0.1) is 0 Å².